The van der Waals surface area contributed by atoms with E-state index in [0.717, 1.165) is 21.6 Å². The number of nitrogens with zero attached hydrogens (tertiary/aromatic N) is 2. The van der Waals surface area contributed by atoms with E-state index < -0.39 is 12.0 Å². The molecule has 0 fully saturated rings. The number of carbonyl (C=O) groups is 1. The van der Waals surface area contributed by atoms with Crippen molar-refractivity contribution in [3.63, 3.8) is 0 Å². The summed E-state index contributed by atoms with van der Waals surface area (Å²) in [6.45, 7) is 2.23. The van der Waals surface area contributed by atoms with Gasteiger partial charge < -0.3 is 9.47 Å². The lowest BCUT2D eigenvalue weighted by atomic mass is 9.97. The minimum absolute atomic E-state index is 0.199. The quantitative estimate of drug-likeness (QED) is 0.172. The van der Waals surface area contributed by atoms with Crippen LogP contribution in [0.4, 0.5) is 0 Å². The largest absolute Gasteiger partial charge is 0.488 e. The Morgan fingerprint density at radius 2 is 1.79 bits per heavy atom. The zero-order chi connectivity index (χ0) is 29.9. The molecule has 10 heteroatoms. The van der Waals surface area contributed by atoms with Gasteiger partial charge in [0.15, 0.2) is 4.80 Å². The molecule has 6 nitrogen and oxygen atoms in total. The van der Waals surface area contributed by atoms with Crippen LogP contribution in [0.25, 0.3) is 11.8 Å². The highest BCUT2D eigenvalue weighted by Gasteiger charge is 2.35. The number of thiazole rings is 1. The highest BCUT2D eigenvalue weighted by atomic mass is 35.5. The summed E-state index contributed by atoms with van der Waals surface area (Å²) >= 11 is 15.0. The Balaban J connectivity index is 1.48. The molecule has 1 aliphatic rings. The Labute approximate surface area is 265 Å². The van der Waals surface area contributed by atoms with Gasteiger partial charge in [-0.25, -0.2) is 9.79 Å². The van der Waals surface area contributed by atoms with Crippen LogP contribution < -0.4 is 19.6 Å². The second-order valence-corrected chi connectivity index (χ2v) is 12.3. The molecule has 0 amide bonds. The first-order valence-corrected chi connectivity index (χ1v) is 15.9. The first kappa shape index (κ1) is 29.1. The number of ether oxygens (including phenoxy) is 2. The van der Waals surface area contributed by atoms with Gasteiger partial charge in [-0.1, -0.05) is 95.2 Å². The number of rotatable bonds is 8. The lowest BCUT2D eigenvalue weighted by Crippen LogP contribution is -2.39. The fourth-order valence-corrected chi connectivity index (χ4v) is 6.96. The molecule has 2 aromatic heterocycles. The summed E-state index contributed by atoms with van der Waals surface area (Å²) in [4.78, 5) is 33.8. The van der Waals surface area contributed by atoms with Crippen molar-refractivity contribution in [2.24, 2.45) is 4.99 Å². The Morgan fingerprint density at radius 3 is 2.53 bits per heavy atom. The maximum absolute atomic E-state index is 14.1. The summed E-state index contributed by atoms with van der Waals surface area (Å²) in [5.41, 5.74) is 2.93. The third-order valence-corrected chi connectivity index (χ3v) is 9.42. The monoisotopic (exact) mass is 646 g/mol. The van der Waals surface area contributed by atoms with Crippen molar-refractivity contribution in [1.82, 2.24) is 4.57 Å². The third-order valence-electron chi connectivity index (χ3n) is 6.77. The molecule has 0 spiro atoms. The Bertz CT molecular complexity index is 2020. The van der Waals surface area contributed by atoms with Gasteiger partial charge in [-0.15, -0.1) is 11.3 Å². The summed E-state index contributed by atoms with van der Waals surface area (Å²) in [5.74, 6) is 0.102. The fraction of sp³-hybridized carbons (Fsp3) is 0.121. The second kappa shape index (κ2) is 12.7. The molecule has 1 aliphatic heterocycles. The van der Waals surface area contributed by atoms with Crippen molar-refractivity contribution in [1.29, 1.82) is 0 Å². The van der Waals surface area contributed by atoms with E-state index in [9.17, 15) is 9.59 Å². The summed E-state index contributed by atoms with van der Waals surface area (Å²) in [5, 5.41) is 2.86. The minimum atomic E-state index is -0.686. The van der Waals surface area contributed by atoms with Gasteiger partial charge in [-0.3, -0.25) is 9.36 Å². The molecular formula is C33H24Cl2N2O4S2. The van der Waals surface area contributed by atoms with Crippen molar-refractivity contribution < 1.29 is 14.3 Å². The molecule has 0 aliphatic carbocycles. The number of hydrogen-bond acceptors (Lipinski definition) is 7. The zero-order valence-electron chi connectivity index (χ0n) is 22.8. The average molecular weight is 648 g/mol. The molecular weight excluding hydrogens is 623 g/mol. The van der Waals surface area contributed by atoms with Crippen molar-refractivity contribution in [3.05, 3.63) is 147 Å². The predicted molar refractivity (Wildman–Crippen MR) is 173 cm³/mol. The van der Waals surface area contributed by atoms with Crippen LogP contribution in [0.1, 0.15) is 34.5 Å². The maximum atomic E-state index is 14.1. The normalized spacial score (nSPS) is 14.8. The smallest absolute Gasteiger partial charge is 0.338 e. The van der Waals surface area contributed by atoms with Gasteiger partial charge in [0.05, 0.1) is 32.5 Å². The predicted octanol–water partition coefficient (Wildman–Crippen LogP) is 6.88. The van der Waals surface area contributed by atoms with Crippen LogP contribution in [0.3, 0.4) is 0 Å². The number of carbonyl (C=O) groups excluding carboxylic acids is 1. The van der Waals surface area contributed by atoms with Crippen molar-refractivity contribution >= 4 is 63.6 Å². The molecule has 0 bridgehead atoms. The van der Waals surface area contributed by atoms with E-state index in [0.29, 0.717) is 36.4 Å². The summed E-state index contributed by atoms with van der Waals surface area (Å²) < 4.78 is 13.7. The molecule has 1 atom stereocenters. The number of halogens is 2. The number of aromatic nitrogens is 1. The van der Waals surface area contributed by atoms with Crippen LogP contribution in [0.2, 0.25) is 10.0 Å². The standard InChI is InChI=1S/C33H24Cl2N2O4S2/c1-2-40-32(39)28-29(21-9-4-3-5-10-21)36-33-37(30(28)26-13-8-16-42-26)31(38)27(43-33)18-22-11-6-7-12-25(22)41-19-20-14-15-23(34)24(35)17-20/h3-18,30H,2,19H2,1H3/b27-18-/t30-/m1/s1. The van der Waals surface area contributed by atoms with Crippen LogP contribution in [-0.2, 0) is 16.1 Å². The van der Waals surface area contributed by atoms with Crippen LogP contribution >= 0.6 is 45.9 Å². The number of esters is 1. The first-order valence-electron chi connectivity index (χ1n) is 13.4. The van der Waals surface area contributed by atoms with E-state index in [4.69, 9.17) is 37.7 Å². The topological polar surface area (TPSA) is 69.9 Å². The molecule has 6 rings (SSSR count). The lowest BCUT2D eigenvalue weighted by molar-refractivity contribution is -0.138. The number of para-hydroxylation sites is 1. The second-order valence-electron chi connectivity index (χ2n) is 9.52. The molecule has 5 aromatic rings. The van der Waals surface area contributed by atoms with Gasteiger partial charge in [-0.2, -0.15) is 0 Å². The molecule has 43 heavy (non-hydrogen) atoms. The molecule has 216 valence electrons. The van der Waals surface area contributed by atoms with Gasteiger partial charge in [0.2, 0.25) is 0 Å². The molecule has 0 radical (unpaired) electrons. The van der Waals surface area contributed by atoms with Gasteiger partial charge >= 0.3 is 5.97 Å². The molecule has 0 saturated carbocycles. The molecule has 0 saturated heterocycles. The third kappa shape index (κ3) is 5.96. The maximum Gasteiger partial charge on any atom is 0.338 e. The van der Waals surface area contributed by atoms with E-state index in [1.54, 1.807) is 29.7 Å². The zero-order valence-corrected chi connectivity index (χ0v) is 26.0. The molecule has 0 unspecified atom stereocenters. The van der Waals surface area contributed by atoms with E-state index in [1.165, 1.54) is 22.7 Å². The molecule has 3 heterocycles. The van der Waals surface area contributed by atoms with E-state index in [-0.39, 0.29) is 18.8 Å². The fourth-order valence-electron chi connectivity index (χ4n) is 4.82. The number of fused-ring (bicyclic) bond motifs is 1. The van der Waals surface area contributed by atoms with E-state index >= 15 is 0 Å². The molecule has 3 aromatic carbocycles. The minimum Gasteiger partial charge on any atom is -0.488 e. The Morgan fingerprint density at radius 1 is 1.00 bits per heavy atom. The Hall–Kier alpha value is -3.95. The molecule has 0 N–H and O–H groups in total. The van der Waals surface area contributed by atoms with Crippen LogP contribution in [0, 0.1) is 0 Å². The van der Waals surface area contributed by atoms with Crippen LogP contribution in [-0.4, -0.2) is 17.1 Å². The lowest BCUT2D eigenvalue weighted by Gasteiger charge is -2.24. The van der Waals surface area contributed by atoms with Crippen molar-refractivity contribution in [3.8, 4) is 5.75 Å². The van der Waals surface area contributed by atoms with E-state index in [2.05, 4.69) is 0 Å². The summed E-state index contributed by atoms with van der Waals surface area (Å²) in [6.07, 6.45) is 1.80. The van der Waals surface area contributed by atoms with Gasteiger partial charge in [0, 0.05) is 16.0 Å². The first-order chi connectivity index (χ1) is 20.9. The van der Waals surface area contributed by atoms with Gasteiger partial charge in [0.25, 0.3) is 5.56 Å². The van der Waals surface area contributed by atoms with Crippen molar-refractivity contribution in [2.45, 2.75) is 19.6 Å². The van der Waals surface area contributed by atoms with Gasteiger partial charge in [-0.05, 0) is 48.2 Å². The summed E-state index contributed by atoms with van der Waals surface area (Å²) in [7, 11) is 0. The number of hydrogen-bond donors (Lipinski definition) is 0. The highest BCUT2D eigenvalue weighted by Crippen LogP contribution is 2.37. The van der Waals surface area contributed by atoms with Crippen LogP contribution in [0.15, 0.2) is 106 Å². The van der Waals surface area contributed by atoms with Gasteiger partial charge in [0.1, 0.15) is 18.4 Å². The number of benzene rings is 3. The SMILES string of the molecule is CCOC(=O)C1=C(c2ccccc2)N=c2s/c(=C\c3ccccc3OCc3ccc(Cl)c(Cl)c3)c(=O)n2[C@@H]1c1cccs1. The summed E-state index contributed by atoms with van der Waals surface area (Å²) in [6, 6.07) is 25.5. The van der Waals surface area contributed by atoms with E-state index in [1.807, 2.05) is 78.2 Å². The van der Waals surface area contributed by atoms with Crippen LogP contribution in [0.5, 0.6) is 5.75 Å². The Kier molecular flexibility index (Phi) is 8.63. The highest BCUT2D eigenvalue weighted by molar-refractivity contribution is 7.10. The average Bonchev–Trinajstić information content (AvgIpc) is 3.66. The van der Waals surface area contributed by atoms with Crippen molar-refractivity contribution in [2.75, 3.05) is 6.61 Å². The number of thiophene rings is 1.